The highest BCUT2D eigenvalue weighted by molar-refractivity contribution is 5.80. The maximum Gasteiger partial charge on any atom is 0.307 e. The lowest BCUT2D eigenvalue weighted by Gasteiger charge is -2.12. The van der Waals surface area contributed by atoms with Gasteiger partial charge in [-0.2, -0.15) is 0 Å². The Bertz CT molecular complexity index is 244. The Balaban J connectivity index is 2.21. The monoisotopic (exact) mass is 216 g/mol. The number of methoxy groups -OCH3 is 1. The van der Waals surface area contributed by atoms with Crippen molar-refractivity contribution < 1.29 is 19.1 Å². The summed E-state index contributed by atoms with van der Waals surface area (Å²) in [5, 5.41) is 2.62. The Morgan fingerprint density at radius 1 is 1.53 bits per heavy atom. The third-order valence-electron chi connectivity index (χ3n) is 2.32. The van der Waals surface area contributed by atoms with Gasteiger partial charge in [-0.25, -0.2) is 0 Å². The molecule has 0 bridgehead atoms. The van der Waals surface area contributed by atoms with E-state index in [2.05, 4.69) is 10.1 Å². The molecule has 1 rings (SSSR count). The highest BCUT2D eigenvalue weighted by atomic mass is 16.5. The van der Waals surface area contributed by atoms with Gasteiger partial charge in [-0.1, -0.05) is 0 Å². The van der Waals surface area contributed by atoms with Gasteiger partial charge in [-0.3, -0.25) is 9.59 Å². The van der Waals surface area contributed by atoms with Crippen molar-refractivity contribution in [3.8, 4) is 0 Å². The summed E-state index contributed by atoms with van der Waals surface area (Å²) in [5.74, 6) is -0.811. The highest BCUT2D eigenvalue weighted by Gasteiger charge is 2.30. The standard InChI is InChI=1S/C9H16N2O4/c1-14-8(12)2-3-11-9(13)6-4-15-5-7(6)10/h6-7H,2-5,10H2,1H3,(H,11,13). The minimum Gasteiger partial charge on any atom is -0.469 e. The summed E-state index contributed by atoms with van der Waals surface area (Å²) in [6, 6.07) is -0.247. The Hall–Kier alpha value is -1.14. The van der Waals surface area contributed by atoms with Gasteiger partial charge in [0.1, 0.15) is 0 Å². The number of nitrogens with one attached hydrogen (secondary N) is 1. The molecule has 1 fully saturated rings. The molecule has 2 unspecified atom stereocenters. The van der Waals surface area contributed by atoms with Gasteiger partial charge in [0.2, 0.25) is 5.91 Å². The van der Waals surface area contributed by atoms with Crippen molar-refractivity contribution in [2.24, 2.45) is 11.7 Å². The second-order valence-corrected chi connectivity index (χ2v) is 3.42. The Labute approximate surface area is 88.1 Å². The SMILES string of the molecule is COC(=O)CCNC(=O)C1COCC1N. The molecule has 1 saturated heterocycles. The van der Waals surface area contributed by atoms with E-state index in [9.17, 15) is 9.59 Å². The Kier molecular flexibility index (Phi) is 4.51. The third kappa shape index (κ3) is 3.49. The summed E-state index contributed by atoms with van der Waals surface area (Å²) in [5.41, 5.74) is 5.66. The number of amides is 1. The smallest absolute Gasteiger partial charge is 0.307 e. The molecule has 1 amide bonds. The molecule has 0 aromatic heterocycles. The number of nitrogens with two attached hydrogens (primary N) is 1. The first-order valence-electron chi connectivity index (χ1n) is 4.83. The molecule has 3 N–H and O–H groups in total. The van der Waals surface area contributed by atoms with Crippen molar-refractivity contribution in [1.29, 1.82) is 0 Å². The number of ether oxygens (including phenoxy) is 2. The molecule has 0 aromatic carbocycles. The van der Waals surface area contributed by atoms with Gasteiger partial charge in [-0.15, -0.1) is 0 Å². The van der Waals surface area contributed by atoms with E-state index >= 15 is 0 Å². The summed E-state index contributed by atoms with van der Waals surface area (Å²) >= 11 is 0. The van der Waals surface area contributed by atoms with Gasteiger partial charge in [0, 0.05) is 12.6 Å². The molecular formula is C9H16N2O4. The largest absolute Gasteiger partial charge is 0.469 e. The van der Waals surface area contributed by atoms with Crippen LogP contribution in [0.15, 0.2) is 0 Å². The summed E-state index contributed by atoms with van der Waals surface area (Å²) in [7, 11) is 1.31. The molecule has 0 spiro atoms. The zero-order valence-corrected chi connectivity index (χ0v) is 8.69. The maximum atomic E-state index is 11.5. The van der Waals surface area contributed by atoms with Crippen molar-refractivity contribution in [3.63, 3.8) is 0 Å². The van der Waals surface area contributed by atoms with E-state index < -0.39 is 0 Å². The number of carbonyl (C=O) groups excluding carboxylic acids is 2. The molecule has 6 nitrogen and oxygen atoms in total. The maximum absolute atomic E-state index is 11.5. The Morgan fingerprint density at radius 3 is 2.80 bits per heavy atom. The predicted molar refractivity (Wildman–Crippen MR) is 51.9 cm³/mol. The van der Waals surface area contributed by atoms with Crippen LogP contribution in [0.1, 0.15) is 6.42 Å². The average Bonchev–Trinajstić information content (AvgIpc) is 2.64. The lowest BCUT2D eigenvalue weighted by molar-refractivity contribution is -0.140. The molecule has 86 valence electrons. The second kappa shape index (κ2) is 5.67. The predicted octanol–water partition coefficient (Wildman–Crippen LogP) is -1.36. The number of hydrogen-bond donors (Lipinski definition) is 2. The van der Waals surface area contributed by atoms with Gasteiger partial charge in [0.15, 0.2) is 0 Å². The van der Waals surface area contributed by atoms with E-state index in [0.29, 0.717) is 13.2 Å². The van der Waals surface area contributed by atoms with Gasteiger partial charge in [-0.05, 0) is 0 Å². The van der Waals surface area contributed by atoms with Gasteiger partial charge in [0.05, 0.1) is 32.7 Å². The quantitative estimate of drug-likeness (QED) is 0.566. The molecule has 15 heavy (non-hydrogen) atoms. The zero-order chi connectivity index (χ0) is 11.3. The van der Waals surface area contributed by atoms with Crippen molar-refractivity contribution in [1.82, 2.24) is 5.32 Å². The number of hydrogen-bond acceptors (Lipinski definition) is 5. The molecule has 0 saturated carbocycles. The van der Waals surface area contributed by atoms with Crippen LogP contribution >= 0.6 is 0 Å². The number of rotatable bonds is 4. The molecule has 0 aliphatic carbocycles. The van der Waals surface area contributed by atoms with Crippen LogP contribution in [0.4, 0.5) is 0 Å². The molecular weight excluding hydrogens is 200 g/mol. The van der Waals surface area contributed by atoms with Gasteiger partial charge in [0.25, 0.3) is 0 Å². The molecule has 0 radical (unpaired) electrons. The second-order valence-electron chi connectivity index (χ2n) is 3.42. The molecule has 6 heteroatoms. The lowest BCUT2D eigenvalue weighted by Crippen LogP contribution is -2.41. The molecule has 0 aromatic rings. The highest BCUT2D eigenvalue weighted by Crippen LogP contribution is 2.11. The normalized spacial score (nSPS) is 24.9. The van der Waals surface area contributed by atoms with Crippen LogP contribution in [0, 0.1) is 5.92 Å². The van der Waals surface area contributed by atoms with Crippen LogP contribution in [0.3, 0.4) is 0 Å². The molecule has 1 aliphatic heterocycles. The zero-order valence-electron chi connectivity index (χ0n) is 8.69. The molecule has 1 aliphatic rings. The summed E-state index contributed by atoms with van der Waals surface area (Å²) < 4.78 is 9.50. The molecule has 1 heterocycles. The van der Waals surface area contributed by atoms with E-state index in [4.69, 9.17) is 10.5 Å². The van der Waals surface area contributed by atoms with Crippen molar-refractivity contribution in [2.45, 2.75) is 12.5 Å². The Morgan fingerprint density at radius 2 is 2.27 bits per heavy atom. The fraction of sp³-hybridized carbons (Fsp3) is 0.778. The van der Waals surface area contributed by atoms with Crippen molar-refractivity contribution in [3.05, 3.63) is 0 Å². The van der Waals surface area contributed by atoms with Crippen LogP contribution in [-0.2, 0) is 19.1 Å². The van der Waals surface area contributed by atoms with E-state index in [-0.39, 0.29) is 36.8 Å². The van der Waals surface area contributed by atoms with Crippen LogP contribution in [0.25, 0.3) is 0 Å². The third-order valence-corrected chi connectivity index (χ3v) is 2.32. The van der Waals surface area contributed by atoms with E-state index in [1.165, 1.54) is 7.11 Å². The van der Waals surface area contributed by atoms with E-state index in [1.807, 2.05) is 0 Å². The van der Waals surface area contributed by atoms with Crippen LogP contribution in [0.5, 0.6) is 0 Å². The first-order chi connectivity index (χ1) is 7.15. The van der Waals surface area contributed by atoms with E-state index in [1.54, 1.807) is 0 Å². The minimum atomic E-state index is -0.345. The minimum absolute atomic E-state index is 0.163. The molecule has 2 atom stereocenters. The first-order valence-corrected chi connectivity index (χ1v) is 4.83. The number of carbonyl (C=O) groups is 2. The summed E-state index contributed by atoms with van der Waals surface area (Å²) in [6.07, 6.45) is 0.172. The van der Waals surface area contributed by atoms with Gasteiger partial charge < -0.3 is 20.5 Å². The van der Waals surface area contributed by atoms with Crippen LogP contribution < -0.4 is 11.1 Å². The first kappa shape index (κ1) is 11.9. The summed E-state index contributed by atoms with van der Waals surface area (Å²) in [6.45, 7) is 1.04. The van der Waals surface area contributed by atoms with Crippen molar-refractivity contribution in [2.75, 3.05) is 26.9 Å². The average molecular weight is 216 g/mol. The summed E-state index contributed by atoms with van der Waals surface area (Å²) in [4.78, 5) is 22.3. The lowest BCUT2D eigenvalue weighted by atomic mass is 10.0. The van der Waals surface area contributed by atoms with Crippen LogP contribution in [-0.4, -0.2) is 44.8 Å². The van der Waals surface area contributed by atoms with Gasteiger partial charge >= 0.3 is 5.97 Å². The van der Waals surface area contributed by atoms with E-state index in [0.717, 1.165) is 0 Å². The number of esters is 1. The topological polar surface area (TPSA) is 90.6 Å². The fourth-order valence-electron chi connectivity index (χ4n) is 1.36. The van der Waals surface area contributed by atoms with Crippen LogP contribution in [0.2, 0.25) is 0 Å². The fourth-order valence-corrected chi connectivity index (χ4v) is 1.36. The van der Waals surface area contributed by atoms with Crippen molar-refractivity contribution >= 4 is 11.9 Å².